The third kappa shape index (κ3) is 4.14. The quantitative estimate of drug-likeness (QED) is 0.827. The van der Waals surface area contributed by atoms with E-state index in [0.29, 0.717) is 13.1 Å². The minimum absolute atomic E-state index is 0.0742. The predicted octanol–water partition coefficient (Wildman–Crippen LogP) is 1.32. The summed E-state index contributed by atoms with van der Waals surface area (Å²) < 4.78 is 0. The maximum atomic E-state index is 11.9. The van der Waals surface area contributed by atoms with Crippen LogP contribution >= 0.6 is 0 Å². The zero-order valence-corrected chi connectivity index (χ0v) is 13.1. The highest BCUT2D eigenvalue weighted by molar-refractivity contribution is 5.82. The van der Waals surface area contributed by atoms with Crippen molar-refractivity contribution < 1.29 is 4.79 Å². The first-order valence-electron chi connectivity index (χ1n) is 7.74. The summed E-state index contributed by atoms with van der Waals surface area (Å²) in [5, 5.41) is 6.21. The molecule has 2 rings (SSSR count). The molecule has 1 saturated heterocycles. The third-order valence-corrected chi connectivity index (χ3v) is 3.63. The largest absolute Gasteiger partial charge is 0.370 e. The fraction of sp³-hybridized carbons (Fsp3) is 0.667. The lowest BCUT2D eigenvalue weighted by atomic mass is 10.1. The van der Waals surface area contributed by atoms with Gasteiger partial charge in [0.15, 0.2) is 0 Å². The molecule has 116 valence electrons. The first-order valence-corrected chi connectivity index (χ1v) is 7.74. The number of carbonyl (C=O) groups is 1. The SMILES string of the molecule is CCCNc1cc(C)nc(CN2CCNC(=O)C2CC)n1. The van der Waals surface area contributed by atoms with E-state index in [1.54, 1.807) is 0 Å². The van der Waals surface area contributed by atoms with E-state index in [2.05, 4.69) is 32.4 Å². The van der Waals surface area contributed by atoms with Crippen LogP contribution in [0.2, 0.25) is 0 Å². The molecule has 1 aromatic rings. The summed E-state index contributed by atoms with van der Waals surface area (Å²) in [7, 11) is 0. The number of hydrogen-bond acceptors (Lipinski definition) is 5. The molecule has 1 unspecified atom stereocenters. The van der Waals surface area contributed by atoms with Crippen LogP contribution in [0.4, 0.5) is 5.82 Å². The lowest BCUT2D eigenvalue weighted by Crippen LogP contribution is -2.54. The second-order valence-corrected chi connectivity index (χ2v) is 5.42. The number of aromatic nitrogens is 2. The highest BCUT2D eigenvalue weighted by atomic mass is 16.2. The van der Waals surface area contributed by atoms with Crippen LogP contribution in [0.3, 0.4) is 0 Å². The monoisotopic (exact) mass is 291 g/mol. The van der Waals surface area contributed by atoms with Gasteiger partial charge < -0.3 is 10.6 Å². The first-order chi connectivity index (χ1) is 10.1. The van der Waals surface area contributed by atoms with E-state index in [9.17, 15) is 4.79 Å². The predicted molar refractivity (Wildman–Crippen MR) is 83.0 cm³/mol. The fourth-order valence-corrected chi connectivity index (χ4v) is 2.62. The van der Waals surface area contributed by atoms with Crippen LogP contribution in [0.25, 0.3) is 0 Å². The van der Waals surface area contributed by atoms with Gasteiger partial charge in [-0.05, 0) is 19.8 Å². The second kappa shape index (κ2) is 7.36. The van der Waals surface area contributed by atoms with E-state index in [1.165, 1.54) is 0 Å². The molecule has 1 aliphatic rings. The molecule has 0 saturated carbocycles. The van der Waals surface area contributed by atoms with Crippen molar-refractivity contribution in [1.82, 2.24) is 20.2 Å². The standard InChI is InChI=1S/C15H25N5O/c1-4-6-16-13-9-11(3)18-14(19-13)10-20-8-7-17-15(21)12(20)5-2/h9,12H,4-8,10H2,1-3H3,(H,17,21)(H,16,18,19). The summed E-state index contributed by atoms with van der Waals surface area (Å²) >= 11 is 0. The van der Waals surface area contributed by atoms with Crippen LogP contribution in [0.15, 0.2) is 6.07 Å². The number of anilines is 1. The molecule has 0 spiro atoms. The lowest BCUT2D eigenvalue weighted by Gasteiger charge is -2.33. The minimum Gasteiger partial charge on any atom is -0.370 e. The number of rotatable bonds is 6. The number of hydrogen-bond donors (Lipinski definition) is 2. The van der Waals surface area contributed by atoms with Gasteiger partial charge in [-0.3, -0.25) is 9.69 Å². The van der Waals surface area contributed by atoms with Crippen molar-refractivity contribution in [3.63, 3.8) is 0 Å². The number of amides is 1. The Bertz CT molecular complexity index is 491. The van der Waals surface area contributed by atoms with Gasteiger partial charge in [-0.25, -0.2) is 9.97 Å². The second-order valence-electron chi connectivity index (χ2n) is 5.42. The van der Waals surface area contributed by atoms with Crippen molar-refractivity contribution in [2.45, 2.75) is 46.2 Å². The summed E-state index contributed by atoms with van der Waals surface area (Å²) in [6.45, 7) is 9.20. The van der Waals surface area contributed by atoms with Crippen LogP contribution < -0.4 is 10.6 Å². The molecular weight excluding hydrogens is 266 g/mol. The number of carbonyl (C=O) groups excluding carboxylic acids is 1. The van der Waals surface area contributed by atoms with Crippen molar-refractivity contribution >= 4 is 11.7 Å². The van der Waals surface area contributed by atoms with E-state index in [0.717, 1.165) is 43.3 Å². The Labute approximate surface area is 126 Å². The van der Waals surface area contributed by atoms with Gasteiger partial charge in [0.1, 0.15) is 11.6 Å². The Hall–Kier alpha value is -1.69. The third-order valence-electron chi connectivity index (χ3n) is 3.63. The Morgan fingerprint density at radius 3 is 2.95 bits per heavy atom. The average molecular weight is 291 g/mol. The molecule has 1 fully saturated rings. The molecule has 1 aliphatic heterocycles. The van der Waals surface area contributed by atoms with Crippen molar-refractivity contribution in [3.8, 4) is 0 Å². The van der Waals surface area contributed by atoms with Crippen molar-refractivity contribution in [3.05, 3.63) is 17.6 Å². The average Bonchev–Trinajstić information content (AvgIpc) is 2.45. The van der Waals surface area contributed by atoms with Gasteiger partial charge >= 0.3 is 0 Å². The topological polar surface area (TPSA) is 70.2 Å². The molecule has 21 heavy (non-hydrogen) atoms. The normalized spacial score (nSPS) is 19.4. The van der Waals surface area contributed by atoms with Gasteiger partial charge in [0, 0.05) is 31.4 Å². The van der Waals surface area contributed by atoms with Crippen LogP contribution in [-0.4, -0.2) is 46.5 Å². The smallest absolute Gasteiger partial charge is 0.237 e. The highest BCUT2D eigenvalue weighted by Gasteiger charge is 2.28. The van der Waals surface area contributed by atoms with Crippen molar-refractivity contribution in [2.24, 2.45) is 0 Å². The van der Waals surface area contributed by atoms with Crippen LogP contribution in [-0.2, 0) is 11.3 Å². The van der Waals surface area contributed by atoms with Gasteiger partial charge in [-0.2, -0.15) is 0 Å². The molecule has 1 aromatic heterocycles. The Morgan fingerprint density at radius 1 is 1.43 bits per heavy atom. The maximum absolute atomic E-state index is 11.9. The molecule has 6 nitrogen and oxygen atoms in total. The maximum Gasteiger partial charge on any atom is 0.237 e. The van der Waals surface area contributed by atoms with E-state index in [4.69, 9.17) is 0 Å². The zero-order chi connectivity index (χ0) is 15.2. The van der Waals surface area contributed by atoms with Crippen LogP contribution in [0.5, 0.6) is 0 Å². The van der Waals surface area contributed by atoms with E-state index >= 15 is 0 Å². The molecule has 2 heterocycles. The molecule has 0 aliphatic carbocycles. The molecule has 6 heteroatoms. The lowest BCUT2D eigenvalue weighted by molar-refractivity contribution is -0.129. The summed E-state index contributed by atoms with van der Waals surface area (Å²) in [5.41, 5.74) is 0.952. The van der Waals surface area contributed by atoms with Gasteiger partial charge in [0.2, 0.25) is 5.91 Å². The molecule has 2 N–H and O–H groups in total. The number of nitrogens with zero attached hydrogens (tertiary/aromatic N) is 3. The molecule has 1 amide bonds. The number of aryl methyl sites for hydroxylation is 1. The zero-order valence-electron chi connectivity index (χ0n) is 13.1. The van der Waals surface area contributed by atoms with Crippen molar-refractivity contribution in [1.29, 1.82) is 0 Å². The summed E-state index contributed by atoms with van der Waals surface area (Å²) in [5.74, 6) is 1.76. The molecular formula is C15H25N5O. The number of piperazine rings is 1. The van der Waals surface area contributed by atoms with Crippen molar-refractivity contribution in [2.75, 3.05) is 25.0 Å². The van der Waals surface area contributed by atoms with Gasteiger partial charge in [0.25, 0.3) is 0 Å². The van der Waals surface area contributed by atoms with Gasteiger partial charge in [-0.1, -0.05) is 13.8 Å². The van der Waals surface area contributed by atoms with Crippen LogP contribution in [0, 0.1) is 6.92 Å². The Kier molecular flexibility index (Phi) is 5.50. The Morgan fingerprint density at radius 2 is 2.24 bits per heavy atom. The Balaban J connectivity index is 2.10. The molecule has 0 aromatic carbocycles. The van der Waals surface area contributed by atoms with Gasteiger partial charge in [-0.15, -0.1) is 0 Å². The van der Waals surface area contributed by atoms with E-state index in [1.807, 2.05) is 19.9 Å². The van der Waals surface area contributed by atoms with Gasteiger partial charge in [0.05, 0.1) is 12.6 Å². The molecule has 0 bridgehead atoms. The van der Waals surface area contributed by atoms with Crippen LogP contribution in [0.1, 0.15) is 38.2 Å². The van der Waals surface area contributed by atoms with E-state index < -0.39 is 0 Å². The number of nitrogens with one attached hydrogen (secondary N) is 2. The molecule has 1 atom stereocenters. The fourth-order valence-electron chi connectivity index (χ4n) is 2.62. The molecule has 0 radical (unpaired) electrons. The highest BCUT2D eigenvalue weighted by Crippen LogP contribution is 2.13. The minimum atomic E-state index is -0.0742. The summed E-state index contributed by atoms with van der Waals surface area (Å²) in [4.78, 5) is 23.1. The summed E-state index contributed by atoms with van der Waals surface area (Å²) in [6.07, 6.45) is 1.86. The first kappa shape index (κ1) is 15.7. The summed E-state index contributed by atoms with van der Waals surface area (Å²) in [6, 6.07) is 1.88. The van der Waals surface area contributed by atoms with E-state index in [-0.39, 0.29) is 11.9 Å².